The van der Waals surface area contributed by atoms with Gasteiger partial charge in [0, 0.05) is 6.04 Å². The number of aromatic nitrogens is 2. The molecule has 0 spiro atoms. The maximum atomic E-state index is 11.4. The van der Waals surface area contributed by atoms with Gasteiger partial charge >= 0.3 is 69.0 Å². The van der Waals surface area contributed by atoms with Gasteiger partial charge in [0.2, 0.25) is 0 Å². The summed E-state index contributed by atoms with van der Waals surface area (Å²) in [4.78, 5) is 46.3. The van der Waals surface area contributed by atoms with Crippen LogP contribution in [0.1, 0.15) is 40.7 Å². The second kappa shape index (κ2) is 6.43. The Morgan fingerprint density at radius 2 is 1.67 bits per heavy atom. The molecule has 0 unspecified atom stereocenters. The third-order valence-electron chi connectivity index (χ3n) is 2.08. The van der Waals surface area contributed by atoms with Crippen molar-refractivity contribution in [1.82, 2.24) is 9.55 Å². The molecule has 0 radical (unpaired) electrons. The van der Waals surface area contributed by atoms with E-state index in [9.17, 15) is 19.2 Å². The van der Waals surface area contributed by atoms with Crippen molar-refractivity contribution in [3.8, 4) is 0 Å². The van der Waals surface area contributed by atoms with Crippen LogP contribution in [0.5, 0.6) is 0 Å². The third kappa shape index (κ3) is 3.17. The number of carboxylic acids is 2. The van der Waals surface area contributed by atoms with E-state index in [4.69, 9.17) is 10.2 Å². The van der Waals surface area contributed by atoms with Gasteiger partial charge in [-0.15, -0.1) is 0 Å². The summed E-state index contributed by atoms with van der Waals surface area (Å²) in [6.07, 6.45) is 0. The molecule has 3 N–H and O–H groups in total. The molecule has 0 aliphatic heterocycles. The quantitative estimate of drug-likeness (QED) is 0.601. The number of carboxylic acid groups (broad SMARTS) is 2. The number of H-pyrrole nitrogens is 1. The molecule has 18 heavy (non-hydrogen) atoms. The Hall–Kier alpha value is -0.744. The zero-order valence-electron chi connectivity index (χ0n) is 9.05. The summed E-state index contributed by atoms with van der Waals surface area (Å²) in [6, 6.07) is -0.594. The summed E-state index contributed by atoms with van der Waals surface area (Å²) >= 11 is 0. The van der Waals surface area contributed by atoms with Crippen molar-refractivity contribution in [2.75, 3.05) is 0 Å². The van der Waals surface area contributed by atoms with Crippen molar-refractivity contribution >= 4 is 63.3 Å². The number of hydrogen-bond acceptors (Lipinski definition) is 4. The van der Waals surface area contributed by atoms with Crippen LogP contribution in [0.15, 0.2) is 9.59 Å². The van der Waals surface area contributed by atoms with Crippen LogP contribution in [0.4, 0.5) is 0 Å². The van der Waals surface area contributed by atoms with E-state index in [1.54, 1.807) is 4.98 Å². The second-order valence-electron chi connectivity index (χ2n) is 3.56. The third-order valence-corrected chi connectivity index (χ3v) is 2.08. The summed E-state index contributed by atoms with van der Waals surface area (Å²) in [5, 5.41) is 17.7. The summed E-state index contributed by atoms with van der Waals surface area (Å²) < 4.78 is 0.715. The molecule has 1 aromatic heterocycles. The van der Waals surface area contributed by atoms with Gasteiger partial charge < -0.3 is 10.2 Å². The van der Waals surface area contributed by atoms with E-state index in [0.717, 1.165) is 0 Å². The van der Waals surface area contributed by atoms with Crippen LogP contribution >= 0.6 is 0 Å². The van der Waals surface area contributed by atoms with Gasteiger partial charge in [-0.1, -0.05) is 0 Å². The van der Waals surface area contributed by atoms with Crippen LogP contribution in [0.3, 0.4) is 0 Å². The first-order valence-corrected chi connectivity index (χ1v) is 4.62. The zero-order valence-corrected chi connectivity index (χ0v) is 9.05. The summed E-state index contributed by atoms with van der Waals surface area (Å²) in [6.45, 7) is 3.00. The van der Waals surface area contributed by atoms with Crippen molar-refractivity contribution in [3.05, 3.63) is 32.1 Å². The molecule has 1 aromatic rings. The first kappa shape index (κ1) is 17.3. The van der Waals surface area contributed by atoms with E-state index in [2.05, 4.69) is 0 Å². The molecule has 0 amide bonds. The number of carbonyl (C=O) groups is 2. The van der Waals surface area contributed by atoms with Gasteiger partial charge in [0.25, 0.3) is 5.56 Å². The molecule has 0 bridgehead atoms. The molecule has 94 valence electrons. The molecular weight excluding hydrogens is 271 g/mol. The minimum absolute atomic E-state index is 0. The molecule has 0 aliphatic carbocycles. The topological polar surface area (TPSA) is 129 Å². The fourth-order valence-electron chi connectivity index (χ4n) is 1.45. The van der Waals surface area contributed by atoms with Crippen LogP contribution in [-0.2, 0) is 0 Å². The van der Waals surface area contributed by atoms with Crippen LogP contribution in [0, 0.1) is 0 Å². The Balaban J connectivity index is 0.00000289. The van der Waals surface area contributed by atoms with Crippen LogP contribution < -0.4 is 11.2 Å². The van der Waals surface area contributed by atoms with Gasteiger partial charge in [-0.05, 0) is 13.8 Å². The molecule has 0 aromatic carbocycles. The number of nitrogens with zero attached hydrogens (tertiary/aromatic N) is 1. The predicted octanol–water partition coefficient (Wildman–Crippen LogP) is -1.13. The van der Waals surface area contributed by atoms with E-state index in [1.807, 2.05) is 0 Å². The Bertz CT molecular complexity index is 600. The summed E-state index contributed by atoms with van der Waals surface area (Å²) in [5.74, 6) is -3.34. The second-order valence-corrected chi connectivity index (χ2v) is 3.56. The Kier molecular flexibility index (Phi) is 6.17. The van der Waals surface area contributed by atoms with E-state index in [0.29, 0.717) is 4.57 Å². The SMILES string of the molecule is CC(C)n1c(C(=O)O)c(C(=O)O)c(=O)[nH]c1=O.[KH]. The van der Waals surface area contributed by atoms with Crippen LogP contribution in [0.25, 0.3) is 0 Å². The van der Waals surface area contributed by atoms with Crippen molar-refractivity contribution in [3.63, 3.8) is 0 Å². The molecule has 1 heterocycles. The van der Waals surface area contributed by atoms with Gasteiger partial charge in [0.05, 0.1) is 0 Å². The molecule has 9 heteroatoms. The molecule has 0 saturated carbocycles. The number of nitrogens with one attached hydrogen (secondary N) is 1. The van der Waals surface area contributed by atoms with Crippen molar-refractivity contribution in [2.24, 2.45) is 0 Å². The van der Waals surface area contributed by atoms with E-state index in [-0.39, 0.29) is 51.4 Å². The number of aromatic amines is 1. The molecule has 0 saturated heterocycles. The normalized spacial score (nSPS) is 9.94. The number of hydrogen-bond donors (Lipinski definition) is 3. The molecule has 0 atom stereocenters. The van der Waals surface area contributed by atoms with Crippen molar-refractivity contribution < 1.29 is 19.8 Å². The minimum atomic E-state index is -1.70. The van der Waals surface area contributed by atoms with Gasteiger partial charge in [0.15, 0.2) is 11.3 Å². The van der Waals surface area contributed by atoms with E-state index in [1.165, 1.54) is 13.8 Å². The summed E-state index contributed by atoms with van der Waals surface area (Å²) in [5.41, 5.74) is -3.95. The molecule has 1 rings (SSSR count). The zero-order chi connectivity index (χ0) is 13.3. The Morgan fingerprint density at radius 1 is 1.17 bits per heavy atom. The number of aromatic carboxylic acids is 2. The van der Waals surface area contributed by atoms with Gasteiger partial charge in [0.1, 0.15) is 0 Å². The summed E-state index contributed by atoms with van der Waals surface area (Å²) in [7, 11) is 0. The van der Waals surface area contributed by atoms with Crippen molar-refractivity contribution in [2.45, 2.75) is 19.9 Å². The Labute approximate surface area is 143 Å². The standard InChI is InChI=1S/C9H10N2O6.K.H/c1-3(2)11-5(8(15)16)4(7(13)14)6(12)10-9(11)17;;/h3H,1-2H3,(H,13,14)(H,15,16)(H,10,12,17);;. The molecular formula is C9H11KN2O6. The fraction of sp³-hybridized carbons (Fsp3) is 0.333. The first-order valence-electron chi connectivity index (χ1n) is 4.62. The molecule has 0 fully saturated rings. The Morgan fingerprint density at radius 3 is 2.00 bits per heavy atom. The van der Waals surface area contributed by atoms with Gasteiger partial charge in [-0.2, -0.15) is 0 Å². The monoisotopic (exact) mass is 282 g/mol. The van der Waals surface area contributed by atoms with Gasteiger partial charge in [-0.25, -0.2) is 14.4 Å². The van der Waals surface area contributed by atoms with Gasteiger partial charge in [-0.3, -0.25) is 14.3 Å². The fourth-order valence-corrected chi connectivity index (χ4v) is 1.45. The predicted molar refractivity (Wildman–Crippen MR) is 62.8 cm³/mol. The average Bonchev–Trinajstić information content (AvgIpc) is 2.14. The van der Waals surface area contributed by atoms with E-state index < -0.39 is 40.5 Å². The molecule has 8 nitrogen and oxygen atoms in total. The first-order chi connectivity index (χ1) is 7.77. The molecule has 0 aliphatic rings. The maximum absolute atomic E-state index is 11.4. The van der Waals surface area contributed by atoms with Crippen LogP contribution in [0.2, 0.25) is 0 Å². The van der Waals surface area contributed by atoms with Crippen molar-refractivity contribution in [1.29, 1.82) is 0 Å². The van der Waals surface area contributed by atoms with Crippen LogP contribution in [-0.4, -0.2) is 83.1 Å². The number of rotatable bonds is 3. The van der Waals surface area contributed by atoms with E-state index >= 15 is 0 Å². The average molecular weight is 282 g/mol.